The topological polar surface area (TPSA) is 83.6 Å². The lowest BCUT2D eigenvalue weighted by Crippen LogP contribution is -2.52. The third-order valence-electron chi connectivity index (χ3n) is 4.93. The molecular weight excluding hydrogens is 442 g/mol. The molecule has 6 nitrogen and oxygen atoms in total. The van der Waals surface area contributed by atoms with Gasteiger partial charge in [0.2, 0.25) is 17.6 Å². The number of nitrogens with one attached hydrogen (secondary N) is 1. The summed E-state index contributed by atoms with van der Waals surface area (Å²) in [7, 11) is 0. The zero-order valence-electron chi connectivity index (χ0n) is 23.2. The third-order valence-corrected chi connectivity index (χ3v) is 5.18. The second-order valence-corrected chi connectivity index (χ2v) is 7.44. The molecule has 3 amide bonds. The summed E-state index contributed by atoms with van der Waals surface area (Å²) in [6.45, 7) is -0.659. The van der Waals surface area contributed by atoms with Crippen LogP contribution in [0.25, 0.3) is 0 Å². The van der Waals surface area contributed by atoms with Crippen LogP contribution in [0.5, 0.6) is 0 Å². The van der Waals surface area contributed by atoms with E-state index in [9.17, 15) is 28.0 Å². The quantitative estimate of drug-likeness (QED) is 0.660. The molecule has 1 saturated heterocycles. The lowest BCUT2D eigenvalue weighted by Gasteiger charge is -2.29. The number of piperidine rings is 1. The van der Waals surface area contributed by atoms with Crippen molar-refractivity contribution in [3.63, 3.8) is 0 Å². The summed E-state index contributed by atoms with van der Waals surface area (Å²) in [5.41, 5.74) is -1.16. The highest BCUT2D eigenvalue weighted by atomic mass is 35.5. The van der Waals surface area contributed by atoms with Gasteiger partial charge in [-0.3, -0.25) is 24.5 Å². The summed E-state index contributed by atoms with van der Waals surface area (Å²) in [4.78, 5) is 50.4. The minimum Gasteiger partial charge on any atom is -0.322 e. The largest absolute Gasteiger partial charge is 0.330 e. The highest BCUT2D eigenvalue weighted by Gasteiger charge is 2.41. The molecule has 4 rings (SSSR count). The fourth-order valence-corrected chi connectivity index (χ4v) is 3.41. The number of alkyl halides is 2. The SMILES string of the molecule is [2H]C([2H])(CC(=O)C(F)(F)c1ccc(Cl)cc1)c1ccc2c(c1)CN([C@@]1([2H])C(=O)NC(=O)C([2H])([2H])C1([2H])[2H])C2=O. The highest BCUT2D eigenvalue weighted by molar-refractivity contribution is 6.30. The number of fused-ring (bicyclic) bond motifs is 1. The van der Waals surface area contributed by atoms with Crippen LogP contribution in [0.15, 0.2) is 42.5 Å². The second kappa shape index (κ2) is 8.43. The van der Waals surface area contributed by atoms with Crippen LogP contribution >= 0.6 is 11.6 Å². The van der Waals surface area contributed by atoms with E-state index in [1.54, 1.807) is 5.32 Å². The molecule has 0 bridgehead atoms. The first kappa shape index (κ1) is 14.8. The molecule has 0 radical (unpaired) electrons. The van der Waals surface area contributed by atoms with E-state index < -0.39 is 73.1 Å². The lowest BCUT2D eigenvalue weighted by molar-refractivity contribution is -0.144. The van der Waals surface area contributed by atoms with E-state index in [1.807, 2.05) is 0 Å². The Morgan fingerprint density at radius 2 is 1.97 bits per heavy atom. The molecule has 2 aliphatic rings. The molecule has 0 spiro atoms. The van der Waals surface area contributed by atoms with Gasteiger partial charge in [0.25, 0.3) is 5.91 Å². The van der Waals surface area contributed by atoms with Crippen molar-refractivity contribution in [2.45, 2.75) is 44.0 Å². The maximum absolute atomic E-state index is 14.7. The molecule has 0 aliphatic carbocycles. The smallest absolute Gasteiger partial charge is 0.322 e. The van der Waals surface area contributed by atoms with Crippen molar-refractivity contribution in [2.75, 3.05) is 0 Å². The van der Waals surface area contributed by atoms with Gasteiger partial charge in [0.15, 0.2) is 0 Å². The first-order valence-electron chi connectivity index (χ1n) is 12.8. The molecule has 2 aromatic carbocycles. The molecule has 166 valence electrons. The van der Waals surface area contributed by atoms with Crippen molar-refractivity contribution in [3.05, 3.63) is 69.7 Å². The highest BCUT2D eigenvalue weighted by Crippen LogP contribution is 2.32. The number of rotatable bonds is 6. The molecule has 0 saturated carbocycles. The normalized spacial score (nSPS) is 27.7. The minimum absolute atomic E-state index is 0.0222. The Labute approximate surface area is 197 Å². The Kier molecular flexibility index (Phi) is 3.91. The van der Waals surface area contributed by atoms with Crippen LogP contribution in [0.1, 0.15) is 55.8 Å². The van der Waals surface area contributed by atoms with Crippen LogP contribution in [0, 0.1) is 0 Å². The predicted octanol–water partition coefficient (Wildman–Crippen LogP) is 3.39. The van der Waals surface area contributed by atoms with Gasteiger partial charge in [0, 0.05) is 43.7 Å². The molecule has 0 aromatic heterocycles. The van der Waals surface area contributed by atoms with Crippen LogP contribution in [0.4, 0.5) is 8.78 Å². The number of carbonyl (C=O) groups excluding carboxylic acids is 4. The molecule has 1 fully saturated rings. The van der Waals surface area contributed by atoms with Crippen LogP contribution < -0.4 is 5.32 Å². The first-order chi connectivity index (χ1) is 17.8. The van der Waals surface area contributed by atoms with Crippen molar-refractivity contribution in [1.29, 1.82) is 0 Å². The number of Topliss-reactive ketones (excluding diaryl/α,β-unsaturated/α-hetero) is 1. The number of hydrogen-bond donors (Lipinski definition) is 1. The van der Waals surface area contributed by atoms with Crippen molar-refractivity contribution in [2.24, 2.45) is 0 Å². The van der Waals surface area contributed by atoms with E-state index in [4.69, 9.17) is 21.2 Å². The average molecular weight is 468 g/mol. The average Bonchev–Trinajstić information content (AvgIpc) is 3.18. The van der Waals surface area contributed by atoms with E-state index >= 15 is 0 Å². The van der Waals surface area contributed by atoms with E-state index in [2.05, 4.69) is 0 Å². The van der Waals surface area contributed by atoms with Gasteiger partial charge in [-0.2, -0.15) is 8.78 Å². The Balaban J connectivity index is 1.63. The second-order valence-electron chi connectivity index (χ2n) is 7.00. The van der Waals surface area contributed by atoms with Crippen molar-refractivity contribution in [3.8, 4) is 0 Å². The molecule has 2 heterocycles. The molecular formula is C23H19ClF2N2O4. The molecule has 32 heavy (non-hydrogen) atoms. The number of carbonyl (C=O) groups is 4. The van der Waals surface area contributed by atoms with Crippen molar-refractivity contribution in [1.82, 2.24) is 10.2 Å². The summed E-state index contributed by atoms with van der Waals surface area (Å²) in [5.74, 6) is -10.0. The van der Waals surface area contributed by atoms with Crippen LogP contribution in [-0.2, 0) is 33.2 Å². The van der Waals surface area contributed by atoms with Gasteiger partial charge in [-0.15, -0.1) is 0 Å². The van der Waals surface area contributed by atoms with Gasteiger partial charge < -0.3 is 4.90 Å². The third kappa shape index (κ3) is 4.14. The molecule has 1 atom stereocenters. The van der Waals surface area contributed by atoms with Crippen LogP contribution in [-0.4, -0.2) is 34.4 Å². The number of amides is 3. The molecule has 2 aromatic rings. The van der Waals surface area contributed by atoms with E-state index in [0.717, 1.165) is 42.5 Å². The van der Waals surface area contributed by atoms with Crippen LogP contribution in [0.3, 0.4) is 0 Å². The monoisotopic (exact) mass is 467 g/mol. The summed E-state index contributed by atoms with van der Waals surface area (Å²) < 4.78 is 86.4. The lowest BCUT2D eigenvalue weighted by atomic mass is 9.97. The van der Waals surface area contributed by atoms with Crippen molar-refractivity contribution < 1.29 is 37.6 Å². The van der Waals surface area contributed by atoms with E-state index in [1.165, 1.54) is 0 Å². The summed E-state index contributed by atoms with van der Waals surface area (Å²) >= 11 is 5.69. The van der Waals surface area contributed by atoms with Gasteiger partial charge >= 0.3 is 5.92 Å². The van der Waals surface area contributed by atoms with Crippen LogP contribution in [0.2, 0.25) is 5.02 Å². The molecule has 2 aliphatic heterocycles. The number of aryl methyl sites for hydroxylation is 1. The Hall–Kier alpha value is -3.13. The summed E-state index contributed by atoms with van der Waals surface area (Å²) in [6.07, 6.45) is -10.8. The summed E-state index contributed by atoms with van der Waals surface area (Å²) in [6, 6.07) is 4.18. The number of benzene rings is 2. The first-order valence-corrected chi connectivity index (χ1v) is 9.64. The van der Waals surface area contributed by atoms with Gasteiger partial charge in [0.05, 0.1) is 1.37 Å². The number of hydrogen-bond acceptors (Lipinski definition) is 4. The van der Waals surface area contributed by atoms with Gasteiger partial charge in [-0.25, -0.2) is 0 Å². The molecule has 9 heteroatoms. The molecule has 1 N–H and O–H groups in total. The van der Waals surface area contributed by atoms with Gasteiger partial charge in [-0.1, -0.05) is 35.9 Å². The van der Waals surface area contributed by atoms with E-state index in [-0.39, 0.29) is 21.7 Å². The summed E-state index contributed by atoms with van der Waals surface area (Å²) in [5, 5.41) is 1.74. The standard InChI is InChI=1S/C23H19ClF2N2O4/c24-16-5-3-15(4-6-16)23(25,26)19(29)9-2-13-1-7-17-14(11-13)12-28(22(17)32)18-8-10-20(30)27-21(18)31/h1,3-7,11,18H,2,8-10,12H2,(H,27,30,31)/t18-/m1/s1/i2D2,8D2,10D2,18D. The predicted molar refractivity (Wildman–Crippen MR) is 111 cm³/mol. The zero-order valence-corrected chi connectivity index (χ0v) is 16.9. The maximum atomic E-state index is 14.7. The van der Waals surface area contributed by atoms with E-state index in [0.29, 0.717) is 4.90 Å². The Bertz CT molecular complexity index is 1420. The number of imide groups is 1. The van der Waals surface area contributed by atoms with Gasteiger partial charge in [-0.05, 0) is 42.1 Å². The fourth-order valence-electron chi connectivity index (χ4n) is 3.28. The maximum Gasteiger partial charge on any atom is 0.330 e. The van der Waals surface area contributed by atoms with Crippen molar-refractivity contribution >= 4 is 35.1 Å². The number of halogens is 3. The fraction of sp³-hybridized carbons (Fsp3) is 0.304. The Morgan fingerprint density at radius 3 is 2.69 bits per heavy atom. The van der Waals surface area contributed by atoms with Gasteiger partial charge in [0.1, 0.15) is 6.02 Å². The molecule has 0 unspecified atom stereocenters. The Morgan fingerprint density at radius 1 is 1.25 bits per heavy atom. The zero-order chi connectivity index (χ0) is 29.3. The minimum atomic E-state index is -4.03. The number of nitrogens with zero attached hydrogens (tertiary/aromatic N) is 1. The number of ketones is 1.